The molecule has 1 unspecified atom stereocenters. The Labute approximate surface area is 113 Å². The van der Waals surface area contributed by atoms with Crippen molar-refractivity contribution in [3.63, 3.8) is 0 Å². The first-order chi connectivity index (χ1) is 9.34. The number of carbonyl (C=O) groups excluding carboxylic acids is 1. The number of carbonyl (C=O) groups is 1. The zero-order valence-corrected chi connectivity index (χ0v) is 11.1. The van der Waals surface area contributed by atoms with Crippen LogP contribution in [0.2, 0.25) is 0 Å². The molecule has 0 spiro atoms. The molecule has 1 aliphatic rings. The van der Waals surface area contributed by atoms with Gasteiger partial charge >= 0.3 is 5.69 Å². The molecule has 1 atom stereocenters. The van der Waals surface area contributed by atoms with Gasteiger partial charge in [-0.2, -0.15) is 0 Å². The number of hydrogen-bond acceptors (Lipinski definition) is 4. The maximum absolute atomic E-state index is 11.9. The first-order valence-corrected chi connectivity index (χ1v) is 7.49. The van der Waals surface area contributed by atoms with Gasteiger partial charge in [-0.1, -0.05) is 0 Å². The van der Waals surface area contributed by atoms with Crippen LogP contribution in [0.25, 0.3) is 11.0 Å². The lowest BCUT2D eigenvalue weighted by Gasteiger charge is -2.16. The molecule has 1 amide bonds. The molecular formula is C11H12N4O4S. The third-order valence-electron chi connectivity index (χ3n) is 3.37. The molecule has 9 heteroatoms. The zero-order valence-electron chi connectivity index (χ0n) is 10.3. The second kappa shape index (κ2) is 4.18. The molecule has 0 saturated carbocycles. The Morgan fingerprint density at radius 2 is 1.90 bits per heavy atom. The third kappa shape index (κ3) is 2.10. The van der Waals surface area contributed by atoms with E-state index < -0.39 is 15.3 Å². The van der Waals surface area contributed by atoms with Crippen molar-refractivity contribution >= 4 is 32.7 Å². The van der Waals surface area contributed by atoms with Crippen LogP contribution in [0.4, 0.5) is 5.69 Å². The summed E-state index contributed by atoms with van der Waals surface area (Å²) >= 11 is 0. The number of fused-ring (bicyclic) bond motifs is 1. The SMILES string of the molecule is NS(=O)(=O)C1CC(=O)N(c2ccc3[nH]c(=O)[nH]c3c2)C1. The summed E-state index contributed by atoms with van der Waals surface area (Å²) in [5.41, 5.74) is 1.36. The van der Waals surface area contributed by atoms with Crippen molar-refractivity contribution in [2.45, 2.75) is 11.7 Å². The number of benzene rings is 1. The standard InChI is InChI=1S/C11H12N4O4S/c12-20(18,19)7-4-10(16)15(5-7)6-1-2-8-9(3-6)14-11(17)13-8/h1-3,7H,4-5H2,(H2,12,18,19)(H2,13,14,17). The van der Waals surface area contributed by atoms with Gasteiger partial charge in [-0.05, 0) is 18.2 Å². The highest BCUT2D eigenvalue weighted by atomic mass is 32.2. The van der Waals surface area contributed by atoms with Gasteiger partial charge in [0.05, 0.1) is 11.0 Å². The van der Waals surface area contributed by atoms with Gasteiger partial charge < -0.3 is 14.9 Å². The number of amides is 1. The highest BCUT2D eigenvalue weighted by Gasteiger charge is 2.37. The molecule has 3 rings (SSSR count). The van der Waals surface area contributed by atoms with Gasteiger partial charge in [0.1, 0.15) is 5.25 Å². The molecule has 1 aromatic carbocycles. The first-order valence-electron chi connectivity index (χ1n) is 5.88. The third-order valence-corrected chi connectivity index (χ3v) is 4.61. The molecule has 1 aliphatic heterocycles. The monoisotopic (exact) mass is 296 g/mol. The summed E-state index contributed by atoms with van der Waals surface area (Å²) in [6.45, 7) is 0.0256. The van der Waals surface area contributed by atoms with Crippen LogP contribution in [0.3, 0.4) is 0 Å². The van der Waals surface area contributed by atoms with E-state index in [2.05, 4.69) is 9.97 Å². The molecule has 1 saturated heterocycles. The number of nitrogens with zero attached hydrogens (tertiary/aromatic N) is 1. The summed E-state index contributed by atoms with van der Waals surface area (Å²) in [5, 5.41) is 4.19. The minimum absolute atomic E-state index is 0.0256. The molecule has 0 bridgehead atoms. The summed E-state index contributed by atoms with van der Waals surface area (Å²) in [4.78, 5) is 29.6. The fraction of sp³-hybridized carbons (Fsp3) is 0.273. The van der Waals surface area contributed by atoms with E-state index in [-0.39, 0.29) is 24.6 Å². The average Bonchev–Trinajstić information content (AvgIpc) is 2.89. The number of aromatic amines is 2. The molecule has 2 heterocycles. The normalized spacial score (nSPS) is 19.9. The van der Waals surface area contributed by atoms with Crippen LogP contribution >= 0.6 is 0 Å². The van der Waals surface area contributed by atoms with Crippen LogP contribution < -0.4 is 15.7 Å². The van der Waals surface area contributed by atoms with Crippen molar-refractivity contribution in [1.29, 1.82) is 0 Å². The van der Waals surface area contributed by atoms with Crippen molar-refractivity contribution < 1.29 is 13.2 Å². The van der Waals surface area contributed by atoms with Crippen molar-refractivity contribution in [1.82, 2.24) is 9.97 Å². The molecule has 2 aromatic rings. The molecule has 4 N–H and O–H groups in total. The Morgan fingerprint density at radius 1 is 1.20 bits per heavy atom. The largest absolute Gasteiger partial charge is 0.323 e. The fourth-order valence-electron chi connectivity index (χ4n) is 2.33. The Morgan fingerprint density at radius 3 is 2.55 bits per heavy atom. The molecule has 8 nitrogen and oxygen atoms in total. The molecule has 0 radical (unpaired) electrons. The number of nitrogens with two attached hydrogens (primary N) is 1. The molecule has 1 fully saturated rings. The summed E-state index contributed by atoms with van der Waals surface area (Å²) in [6, 6.07) is 4.92. The number of sulfonamides is 1. The highest BCUT2D eigenvalue weighted by Crippen LogP contribution is 2.26. The van der Waals surface area contributed by atoms with Gasteiger partial charge in [0.2, 0.25) is 15.9 Å². The van der Waals surface area contributed by atoms with Crippen LogP contribution in [0.1, 0.15) is 6.42 Å². The van der Waals surface area contributed by atoms with E-state index in [4.69, 9.17) is 5.14 Å². The van der Waals surface area contributed by atoms with E-state index in [1.807, 2.05) is 0 Å². The van der Waals surface area contributed by atoms with E-state index in [0.29, 0.717) is 16.7 Å². The molecule has 0 aliphatic carbocycles. The van der Waals surface area contributed by atoms with Crippen molar-refractivity contribution in [3.8, 4) is 0 Å². The number of primary sulfonamides is 1. The van der Waals surface area contributed by atoms with E-state index in [1.54, 1.807) is 18.2 Å². The number of nitrogens with one attached hydrogen (secondary N) is 2. The van der Waals surface area contributed by atoms with E-state index in [1.165, 1.54) is 4.90 Å². The number of hydrogen-bond donors (Lipinski definition) is 3. The average molecular weight is 296 g/mol. The van der Waals surface area contributed by atoms with Crippen LogP contribution in [-0.4, -0.2) is 36.1 Å². The van der Waals surface area contributed by atoms with Gasteiger partial charge in [0.25, 0.3) is 0 Å². The Kier molecular flexibility index (Phi) is 2.69. The number of rotatable bonds is 2. The van der Waals surface area contributed by atoms with Gasteiger partial charge in [-0.25, -0.2) is 18.4 Å². The van der Waals surface area contributed by atoms with Crippen molar-refractivity contribution in [2.75, 3.05) is 11.4 Å². The summed E-state index contributed by atoms with van der Waals surface area (Å²) < 4.78 is 22.6. The van der Waals surface area contributed by atoms with Gasteiger partial charge in [-0.3, -0.25) is 4.79 Å². The molecular weight excluding hydrogens is 284 g/mol. The second-order valence-corrected chi connectivity index (χ2v) is 6.57. The Balaban J connectivity index is 1.99. The molecule has 20 heavy (non-hydrogen) atoms. The molecule has 1 aromatic heterocycles. The zero-order chi connectivity index (χ0) is 14.5. The van der Waals surface area contributed by atoms with Crippen molar-refractivity contribution in [2.24, 2.45) is 5.14 Å². The second-order valence-electron chi connectivity index (χ2n) is 4.73. The number of H-pyrrole nitrogens is 2. The predicted molar refractivity (Wildman–Crippen MR) is 72.8 cm³/mol. The van der Waals surface area contributed by atoms with Gasteiger partial charge in [0, 0.05) is 18.7 Å². The minimum atomic E-state index is -3.74. The van der Waals surface area contributed by atoms with Gasteiger partial charge in [0.15, 0.2) is 0 Å². The van der Waals surface area contributed by atoms with Crippen molar-refractivity contribution in [3.05, 3.63) is 28.7 Å². The van der Waals surface area contributed by atoms with E-state index in [9.17, 15) is 18.0 Å². The quantitative estimate of drug-likeness (QED) is 0.673. The first kappa shape index (κ1) is 12.9. The molecule has 106 valence electrons. The van der Waals surface area contributed by atoms with E-state index >= 15 is 0 Å². The lowest BCUT2D eigenvalue weighted by atomic mass is 10.2. The lowest BCUT2D eigenvalue weighted by molar-refractivity contribution is -0.117. The predicted octanol–water partition coefficient (Wildman–Crippen LogP) is -0.750. The maximum Gasteiger partial charge on any atom is 0.323 e. The number of aromatic nitrogens is 2. The topological polar surface area (TPSA) is 129 Å². The highest BCUT2D eigenvalue weighted by molar-refractivity contribution is 7.89. The fourth-order valence-corrected chi connectivity index (χ4v) is 3.06. The van der Waals surface area contributed by atoms with Crippen LogP contribution in [0.5, 0.6) is 0 Å². The maximum atomic E-state index is 11.9. The summed E-state index contributed by atoms with van der Waals surface area (Å²) in [6.07, 6.45) is -0.124. The van der Waals surface area contributed by atoms with Gasteiger partial charge in [-0.15, -0.1) is 0 Å². The lowest BCUT2D eigenvalue weighted by Crippen LogP contribution is -2.32. The Hall–Kier alpha value is -2.13. The van der Waals surface area contributed by atoms with E-state index in [0.717, 1.165) is 0 Å². The van der Waals surface area contributed by atoms with Crippen LogP contribution in [0, 0.1) is 0 Å². The minimum Gasteiger partial charge on any atom is -0.311 e. The summed E-state index contributed by atoms with van der Waals surface area (Å²) in [5.74, 6) is -0.304. The van der Waals surface area contributed by atoms with Crippen LogP contribution in [-0.2, 0) is 14.8 Å². The number of imidazole rings is 1. The van der Waals surface area contributed by atoms with Crippen LogP contribution in [0.15, 0.2) is 23.0 Å². The summed E-state index contributed by atoms with van der Waals surface area (Å²) in [7, 11) is -3.74. The Bertz CT molecular complexity index is 851. The number of anilines is 1. The smallest absolute Gasteiger partial charge is 0.311 e.